The number of rotatable bonds is 6. The largest absolute Gasteiger partial charge is 0.497 e. The maximum atomic E-state index is 11.9. The van der Waals surface area contributed by atoms with E-state index < -0.39 is 0 Å². The molecule has 0 radical (unpaired) electrons. The van der Waals surface area contributed by atoms with Gasteiger partial charge in [-0.25, -0.2) is 0 Å². The second-order valence-electron chi connectivity index (χ2n) is 3.79. The monoisotopic (exact) mass is 255 g/mol. The van der Waals surface area contributed by atoms with Crippen molar-refractivity contribution in [3.63, 3.8) is 0 Å². The lowest BCUT2D eigenvalue weighted by molar-refractivity contribution is 0.0934. The van der Waals surface area contributed by atoms with Crippen molar-refractivity contribution in [3.8, 4) is 5.75 Å². The van der Waals surface area contributed by atoms with Crippen LogP contribution in [0.3, 0.4) is 0 Å². The number of ether oxygens (including phenoxy) is 1. The highest BCUT2D eigenvalue weighted by Gasteiger charge is 2.11. The minimum Gasteiger partial charge on any atom is -0.497 e. The second-order valence-corrected chi connectivity index (χ2v) is 4.17. The summed E-state index contributed by atoms with van der Waals surface area (Å²) >= 11 is 5.68. The summed E-state index contributed by atoms with van der Waals surface area (Å²) in [6.07, 6.45) is 1.66. The molecule has 0 spiro atoms. The van der Waals surface area contributed by atoms with Crippen LogP contribution in [0.25, 0.3) is 0 Å². The highest BCUT2D eigenvalue weighted by molar-refractivity contribution is 6.17. The number of alkyl halides is 1. The summed E-state index contributed by atoms with van der Waals surface area (Å²) in [5.74, 6) is 1.15. The van der Waals surface area contributed by atoms with Gasteiger partial charge in [-0.05, 0) is 31.0 Å². The van der Waals surface area contributed by atoms with Crippen molar-refractivity contribution in [1.29, 1.82) is 0 Å². The van der Waals surface area contributed by atoms with Crippen LogP contribution in [-0.4, -0.2) is 24.9 Å². The summed E-state index contributed by atoms with van der Waals surface area (Å²) in [4.78, 5) is 11.9. The van der Waals surface area contributed by atoms with Crippen molar-refractivity contribution < 1.29 is 9.53 Å². The SMILES string of the molecule is CCC(CCCl)NC(=O)c1cccc(OC)c1. The van der Waals surface area contributed by atoms with E-state index in [0.29, 0.717) is 17.2 Å². The molecule has 0 aromatic heterocycles. The second kappa shape index (κ2) is 7.17. The molecule has 1 aromatic carbocycles. The van der Waals surface area contributed by atoms with Gasteiger partial charge in [0.15, 0.2) is 0 Å². The maximum Gasteiger partial charge on any atom is 0.251 e. The lowest BCUT2D eigenvalue weighted by Crippen LogP contribution is -2.34. The maximum absolute atomic E-state index is 11.9. The molecule has 0 bridgehead atoms. The molecule has 94 valence electrons. The molecular formula is C13H18ClNO2. The predicted octanol–water partition coefficient (Wildman–Crippen LogP) is 2.83. The van der Waals surface area contributed by atoms with Crippen molar-refractivity contribution in [2.75, 3.05) is 13.0 Å². The van der Waals surface area contributed by atoms with E-state index in [1.165, 1.54) is 0 Å². The van der Waals surface area contributed by atoms with Crippen molar-refractivity contribution >= 4 is 17.5 Å². The van der Waals surface area contributed by atoms with E-state index >= 15 is 0 Å². The van der Waals surface area contributed by atoms with Crippen LogP contribution < -0.4 is 10.1 Å². The summed E-state index contributed by atoms with van der Waals surface area (Å²) < 4.78 is 5.08. The minimum absolute atomic E-state index is 0.0825. The third-order valence-electron chi connectivity index (χ3n) is 2.62. The number of halogens is 1. The Morgan fingerprint density at radius 1 is 1.53 bits per heavy atom. The number of nitrogens with one attached hydrogen (secondary N) is 1. The van der Waals surface area contributed by atoms with Crippen LogP contribution >= 0.6 is 11.6 Å². The molecule has 0 aliphatic heterocycles. The van der Waals surface area contributed by atoms with Gasteiger partial charge in [-0.3, -0.25) is 4.79 Å². The molecule has 0 aliphatic rings. The van der Waals surface area contributed by atoms with Crippen LogP contribution in [0.5, 0.6) is 5.75 Å². The number of methoxy groups -OCH3 is 1. The molecule has 4 heteroatoms. The zero-order chi connectivity index (χ0) is 12.7. The fourth-order valence-electron chi connectivity index (χ4n) is 1.54. The minimum atomic E-state index is -0.0825. The topological polar surface area (TPSA) is 38.3 Å². The smallest absolute Gasteiger partial charge is 0.251 e. The molecule has 0 fully saturated rings. The molecule has 1 unspecified atom stereocenters. The molecule has 1 atom stereocenters. The fraction of sp³-hybridized carbons (Fsp3) is 0.462. The van der Waals surface area contributed by atoms with Crippen molar-refractivity contribution in [2.24, 2.45) is 0 Å². The van der Waals surface area contributed by atoms with Crippen LogP contribution in [0.1, 0.15) is 30.1 Å². The molecule has 1 aromatic rings. The van der Waals surface area contributed by atoms with Gasteiger partial charge in [0.2, 0.25) is 0 Å². The van der Waals surface area contributed by atoms with Gasteiger partial charge < -0.3 is 10.1 Å². The number of carbonyl (C=O) groups excluding carboxylic acids is 1. The standard InChI is InChI=1S/C13H18ClNO2/c1-3-11(7-8-14)15-13(16)10-5-4-6-12(9-10)17-2/h4-6,9,11H,3,7-8H2,1-2H3,(H,15,16). The van der Waals surface area contributed by atoms with Gasteiger partial charge in [0.1, 0.15) is 5.75 Å². The average Bonchev–Trinajstić information content (AvgIpc) is 2.38. The Bertz CT molecular complexity index is 368. The van der Waals surface area contributed by atoms with Crippen LogP contribution in [0, 0.1) is 0 Å². The van der Waals surface area contributed by atoms with Gasteiger partial charge in [0.25, 0.3) is 5.91 Å². The summed E-state index contributed by atoms with van der Waals surface area (Å²) in [7, 11) is 1.58. The first-order valence-electron chi connectivity index (χ1n) is 5.72. The van der Waals surface area contributed by atoms with Crippen molar-refractivity contribution in [1.82, 2.24) is 5.32 Å². The molecule has 1 rings (SSSR count). The summed E-state index contributed by atoms with van der Waals surface area (Å²) in [5.41, 5.74) is 0.609. The van der Waals surface area contributed by atoms with Crippen molar-refractivity contribution in [2.45, 2.75) is 25.8 Å². The van der Waals surface area contributed by atoms with E-state index in [1.807, 2.05) is 13.0 Å². The van der Waals surface area contributed by atoms with Gasteiger partial charge in [-0.15, -0.1) is 11.6 Å². The number of benzene rings is 1. The van der Waals surface area contributed by atoms with Gasteiger partial charge >= 0.3 is 0 Å². The first-order chi connectivity index (χ1) is 8.21. The third-order valence-corrected chi connectivity index (χ3v) is 2.84. The Balaban J connectivity index is 2.68. The predicted molar refractivity (Wildman–Crippen MR) is 69.9 cm³/mol. The van der Waals surface area contributed by atoms with E-state index in [-0.39, 0.29) is 11.9 Å². The van der Waals surface area contributed by atoms with Crippen LogP contribution in [0.15, 0.2) is 24.3 Å². The Labute approximate surface area is 107 Å². The van der Waals surface area contributed by atoms with E-state index in [1.54, 1.807) is 25.3 Å². The molecule has 0 heterocycles. The highest BCUT2D eigenvalue weighted by atomic mass is 35.5. The van der Waals surface area contributed by atoms with E-state index in [2.05, 4.69) is 5.32 Å². The summed E-state index contributed by atoms with van der Waals surface area (Å²) in [5, 5.41) is 2.96. The molecule has 0 saturated carbocycles. The van der Waals surface area contributed by atoms with Crippen LogP contribution in [0.2, 0.25) is 0 Å². The first-order valence-corrected chi connectivity index (χ1v) is 6.25. The molecule has 3 nitrogen and oxygen atoms in total. The molecule has 0 aliphatic carbocycles. The van der Waals surface area contributed by atoms with Gasteiger partial charge in [-0.1, -0.05) is 13.0 Å². The zero-order valence-corrected chi connectivity index (χ0v) is 11.0. The molecule has 0 saturated heterocycles. The van der Waals surface area contributed by atoms with Gasteiger partial charge in [0.05, 0.1) is 7.11 Å². The number of amides is 1. The molecular weight excluding hydrogens is 238 g/mol. The van der Waals surface area contributed by atoms with Crippen LogP contribution in [0.4, 0.5) is 0 Å². The van der Waals surface area contributed by atoms with E-state index in [9.17, 15) is 4.79 Å². The van der Waals surface area contributed by atoms with E-state index in [0.717, 1.165) is 12.8 Å². The number of carbonyl (C=O) groups is 1. The normalized spacial score (nSPS) is 11.9. The van der Waals surface area contributed by atoms with Crippen LogP contribution in [-0.2, 0) is 0 Å². The Morgan fingerprint density at radius 3 is 2.88 bits per heavy atom. The van der Waals surface area contributed by atoms with E-state index in [4.69, 9.17) is 16.3 Å². The van der Waals surface area contributed by atoms with Gasteiger partial charge in [0, 0.05) is 17.5 Å². The summed E-state index contributed by atoms with van der Waals surface area (Å²) in [6.45, 7) is 2.03. The first kappa shape index (κ1) is 13.8. The highest BCUT2D eigenvalue weighted by Crippen LogP contribution is 2.13. The lowest BCUT2D eigenvalue weighted by Gasteiger charge is -2.15. The average molecular weight is 256 g/mol. The number of hydrogen-bond donors (Lipinski definition) is 1. The van der Waals surface area contributed by atoms with Crippen molar-refractivity contribution in [3.05, 3.63) is 29.8 Å². The van der Waals surface area contributed by atoms with Gasteiger partial charge in [-0.2, -0.15) is 0 Å². The number of hydrogen-bond acceptors (Lipinski definition) is 2. The Kier molecular flexibility index (Phi) is 5.84. The quantitative estimate of drug-likeness (QED) is 0.794. The molecule has 17 heavy (non-hydrogen) atoms. The fourth-order valence-corrected chi connectivity index (χ4v) is 1.81. The molecule has 1 N–H and O–H groups in total. The Morgan fingerprint density at radius 2 is 2.29 bits per heavy atom. The third kappa shape index (κ3) is 4.27. The summed E-state index contributed by atoms with van der Waals surface area (Å²) in [6, 6.07) is 7.24. The zero-order valence-electron chi connectivity index (χ0n) is 10.2. The Hall–Kier alpha value is -1.22. The lowest BCUT2D eigenvalue weighted by atomic mass is 10.1. The molecule has 1 amide bonds.